The van der Waals surface area contributed by atoms with E-state index in [0.29, 0.717) is 20.2 Å². The van der Waals surface area contributed by atoms with Gasteiger partial charge in [-0.3, -0.25) is 0 Å². The second-order valence-corrected chi connectivity index (χ2v) is 7.13. The summed E-state index contributed by atoms with van der Waals surface area (Å²) >= 11 is 6.66. The van der Waals surface area contributed by atoms with E-state index < -0.39 is 23.7 Å². The summed E-state index contributed by atoms with van der Waals surface area (Å²) in [6.07, 6.45) is 1.19. The lowest BCUT2D eigenvalue weighted by Crippen LogP contribution is -2.42. The van der Waals surface area contributed by atoms with Gasteiger partial charge >= 0.3 is 17.9 Å². The number of hydrogen-bond acceptors (Lipinski definition) is 7. The second-order valence-electron chi connectivity index (χ2n) is 5.42. The molecule has 2 rings (SSSR count). The first-order valence-electron chi connectivity index (χ1n) is 7.24. The van der Waals surface area contributed by atoms with Gasteiger partial charge in [-0.1, -0.05) is 0 Å². The first kappa shape index (κ1) is 19.5. The lowest BCUT2D eigenvalue weighted by molar-refractivity contribution is -0.222. The van der Waals surface area contributed by atoms with Crippen molar-refractivity contribution in [3.8, 4) is 0 Å². The highest BCUT2D eigenvalue weighted by Gasteiger charge is 2.39. The highest BCUT2D eigenvalue weighted by molar-refractivity contribution is 9.11. The van der Waals surface area contributed by atoms with Crippen molar-refractivity contribution >= 4 is 55.5 Å². The minimum atomic E-state index is -1.30. The summed E-state index contributed by atoms with van der Waals surface area (Å²) in [5.41, 5.74) is 0.579. The zero-order valence-electron chi connectivity index (χ0n) is 13.6. The van der Waals surface area contributed by atoms with Gasteiger partial charge in [0, 0.05) is 29.0 Å². The van der Waals surface area contributed by atoms with E-state index >= 15 is 0 Å². The maximum atomic E-state index is 11.9. The zero-order chi connectivity index (χ0) is 18.8. The van der Waals surface area contributed by atoms with Gasteiger partial charge in [0.05, 0.1) is 17.9 Å². The lowest BCUT2D eigenvalue weighted by Gasteiger charge is -2.29. The number of nitrogens with one attached hydrogen (secondary N) is 1. The molecule has 1 aromatic rings. The van der Waals surface area contributed by atoms with E-state index in [-0.39, 0.29) is 12.2 Å². The van der Waals surface area contributed by atoms with E-state index in [0.717, 1.165) is 0 Å². The summed E-state index contributed by atoms with van der Waals surface area (Å²) in [7, 11) is 0. The number of carbonyl (C=O) groups is 3. The molecule has 0 bridgehead atoms. The highest BCUT2D eigenvalue weighted by atomic mass is 79.9. The standard InChI is InChI=1S/C16H15Br2NO6/c1-4-23-13(20)8-5-10(17)12(11(18)6-8)19-7-9-14(21)24-16(2,3)25-15(9)22/h5-7,19H,4H2,1-3H3. The van der Waals surface area contributed by atoms with Crippen molar-refractivity contribution in [1.82, 2.24) is 0 Å². The number of rotatable bonds is 4. The maximum absolute atomic E-state index is 11.9. The molecule has 0 saturated carbocycles. The molecule has 1 N–H and O–H groups in total. The number of cyclic esters (lactones) is 2. The number of anilines is 1. The van der Waals surface area contributed by atoms with Gasteiger partial charge in [-0.2, -0.15) is 0 Å². The Bertz CT molecular complexity index is 727. The van der Waals surface area contributed by atoms with Crippen molar-refractivity contribution in [3.05, 3.63) is 38.4 Å². The molecule has 7 nitrogen and oxygen atoms in total. The van der Waals surface area contributed by atoms with Crippen LogP contribution in [0.1, 0.15) is 31.1 Å². The Hall–Kier alpha value is -1.87. The van der Waals surface area contributed by atoms with Gasteiger partial charge in [-0.05, 0) is 50.9 Å². The summed E-state index contributed by atoms with van der Waals surface area (Å²) in [5, 5.41) is 2.83. The van der Waals surface area contributed by atoms with Gasteiger partial charge in [-0.15, -0.1) is 0 Å². The maximum Gasteiger partial charge on any atom is 0.350 e. The van der Waals surface area contributed by atoms with Crippen LogP contribution in [0.15, 0.2) is 32.9 Å². The van der Waals surface area contributed by atoms with Gasteiger partial charge in [0.15, 0.2) is 5.57 Å². The Kier molecular flexibility index (Phi) is 5.89. The van der Waals surface area contributed by atoms with Crippen molar-refractivity contribution in [3.63, 3.8) is 0 Å². The van der Waals surface area contributed by atoms with E-state index in [4.69, 9.17) is 14.2 Å². The van der Waals surface area contributed by atoms with Crippen LogP contribution in [0.3, 0.4) is 0 Å². The Morgan fingerprint density at radius 2 is 1.72 bits per heavy atom. The van der Waals surface area contributed by atoms with Crippen molar-refractivity contribution in [2.45, 2.75) is 26.6 Å². The molecule has 1 aromatic carbocycles. The fourth-order valence-corrected chi connectivity index (χ4v) is 3.38. The van der Waals surface area contributed by atoms with Gasteiger partial charge in [-0.25, -0.2) is 14.4 Å². The van der Waals surface area contributed by atoms with Crippen LogP contribution in [0.2, 0.25) is 0 Å². The summed E-state index contributed by atoms with van der Waals surface area (Å²) in [6.45, 7) is 4.91. The van der Waals surface area contributed by atoms with Crippen LogP contribution in [0.25, 0.3) is 0 Å². The summed E-state index contributed by atoms with van der Waals surface area (Å²) in [5.74, 6) is -3.34. The van der Waals surface area contributed by atoms with E-state index in [1.54, 1.807) is 19.1 Å². The number of ether oxygens (including phenoxy) is 3. The summed E-state index contributed by atoms with van der Waals surface area (Å²) in [4.78, 5) is 35.6. The number of benzene rings is 1. The minimum absolute atomic E-state index is 0.265. The Morgan fingerprint density at radius 3 is 2.20 bits per heavy atom. The first-order chi connectivity index (χ1) is 11.6. The second kappa shape index (κ2) is 7.57. The highest BCUT2D eigenvalue weighted by Crippen LogP contribution is 2.33. The summed E-state index contributed by atoms with van der Waals surface area (Å²) < 4.78 is 16.0. The molecule has 1 fully saturated rings. The number of hydrogen-bond donors (Lipinski definition) is 1. The molecule has 0 atom stereocenters. The lowest BCUT2D eigenvalue weighted by atomic mass is 10.2. The van der Waals surface area contributed by atoms with Crippen LogP contribution < -0.4 is 5.32 Å². The molecule has 1 saturated heterocycles. The van der Waals surface area contributed by atoms with Gasteiger partial charge in [0.1, 0.15) is 0 Å². The molecule has 0 unspecified atom stereocenters. The predicted molar refractivity (Wildman–Crippen MR) is 95.8 cm³/mol. The molecule has 1 heterocycles. The van der Waals surface area contributed by atoms with Crippen molar-refractivity contribution in [2.75, 3.05) is 11.9 Å². The fourth-order valence-electron chi connectivity index (χ4n) is 1.97. The molecular formula is C16H15Br2NO6. The van der Waals surface area contributed by atoms with Crippen LogP contribution in [-0.2, 0) is 23.8 Å². The van der Waals surface area contributed by atoms with E-state index in [1.165, 1.54) is 20.0 Å². The monoisotopic (exact) mass is 475 g/mol. The molecule has 25 heavy (non-hydrogen) atoms. The minimum Gasteiger partial charge on any atom is -0.462 e. The van der Waals surface area contributed by atoms with Crippen molar-refractivity contribution in [2.24, 2.45) is 0 Å². The first-order valence-corrected chi connectivity index (χ1v) is 8.82. The normalized spacial score (nSPS) is 16.0. The van der Waals surface area contributed by atoms with E-state index in [9.17, 15) is 14.4 Å². The third-order valence-electron chi connectivity index (χ3n) is 3.03. The van der Waals surface area contributed by atoms with Crippen LogP contribution in [-0.4, -0.2) is 30.3 Å². The molecule has 134 valence electrons. The van der Waals surface area contributed by atoms with Gasteiger partial charge < -0.3 is 19.5 Å². The predicted octanol–water partition coefficient (Wildman–Crippen LogP) is 3.52. The van der Waals surface area contributed by atoms with Crippen LogP contribution >= 0.6 is 31.9 Å². The molecule has 0 aromatic heterocycles. The average molecular weight is 477 g/mol. The smallest absolute Gasteiger partial charge is 0.350 e. The quantitative estimate of drug-likeness (QED) is 0.403. The van der Waals surface area contributed by atoms with Crippen LogP contribution in [0.5, 0.6) is 0 Å². The topological polar surface area (TPSA) is 90.9 Å². The third kappa shape index (κ3) is 4.60. The Labute approximate surface area is 160 Å². The molecule has 1 aliphatic rings. The number of halogens is 2. The molecule has 1 aliphatic heterocycles. The molecule has 0 spiro atoms. The van der Waals surface area contributed by atoms with Crippen molar-refractivity contribution in [1.29, 1.82) is 0 Å². The average Bonchev–Trinajstić information content (AvgIpc) is 2.47. The number of carbonyl (C=O) groups excluding carboxylic acids is 3. The molecule has 0 aliphatic carbocycles. The Morgan fingerprint density at radius 1 is 1.20 bits per heavy atom. The van der Waals surface area contributed by atoms with E-state index in [2.05, 4.69) is 37.2 Å². The van der Waals surface area contributed by atoms with Crippen LogP contribution in [0.4, 0.5) is 5.69 Å². The van der Waals surface area contributed by atoms with Gasteiger partial charge in [0.25, 0.3) is 5.79 Å². The third-order valence-corrected chi connectivity index (χ3v) is 4.28. The summed E-state index contributed by atoms with van der Waals surface area (Å²) in [6, 6.07) is 3.12. The molecule has 9 heteroatoms. The molecule has 0 radical (unpaired) electrons. The fraction of sp³-hybridized carbons (Fsp3) is 0.312. The van der Waals surface area contributed by atoms with E-state index in [1.807, 2.05) is 0 Å². The largest absolute Gasteiger partial charge is 0.462 e. The molecular weight excluding hydrogens is 462 g/mol. The zero-order valence-corrected chi connectivity index (χ0v) is 16.8. The molecule has 0 amide bonds. The van der Waals surface area contributed by atoms with Crippen molar-refractivity contribution < 1.29 is 28.6 Å². The SMILES string of the molecule is CCOC(=O)c1cc(Br)c(NC=C2C(=O)OC(C)(C)OC2=O)c(Br)c1. The number of esters is 3. The van der Waals surface area contributed by atoms with Crippen LogP contribution in [0, 0.1) is 0 Å². The van der Waals surface area contributed by atoms with Gasteiger partial charge in [0.2, 0.25) is 0 Å². The Balaban J connectivity index is 2.25.